The Labute approximate surface area is 157 Å². The van der Waals surface area contributed by atoms with Crippen molar-refractivity contribution in [2.45, 2.75) is 11.8 Å². The molecule has 0 radical (unpaired) electrons. The molecule has 0 saturated heterocycles. The Morgan fingerprint density at radius 3 is 2.58 bits per heavy atom. The van der Waals surface area contributed by atoms with Gasteiger partial charge in [-0.1, -0.05) is 33.6 Å². The monoisotopic (exact) mass is 435 g/mol. The molecule has 0 fully saturated rings. The van der Waals surface area contributed by atoms with E-state index in [9.17, 15) is 18.3 Å². The molecule has 0 atom stereocenters. The van der Waals surface area contributed by atoms with E-state index in [1.54, 1.807) is 30.3 Å². The lowest BCUT2D eigenvalue weighted by Gasteiger charge is -2.01. The zero-order valence-corrected chi connectivity index (χ0v) is 16.0. The number of carbonyl (C=O) groups is 1. The first kappa shape index (κ1) is 18.3. The zero-order chi connectivity index (χ0) is 18.9. The predicted molar refractivity (Wildman–Crippen MR) is 100 cm³/mol. The third kappa shape index (κ3) is 3.83. The van der Waals surface area contributed by atoms with Crippen LogP contribution in [0.15, 0.2) is 62.1 Å². The molecule has 1 amide bonds. The maximum Gasteiger partial charge on any atom is 0.280 e. The van der Waals surface area contributed by atoms with E-state index in [1.807, 2.05) is 6.92 Å². The molecule has 0 bridgehead atoms. The first-order valence-electron chi connectivity index (χ1n) is 7.50. The number of benzene rings is 2. The van der Waals surface area contributed by atoms with Crippen molar-refractivity contribution in [2.75, 3.05) is 5.75 Å². The summed E-state index contributed by atoms with van der Waals surface area (Å²) in [6, 6.07) is 11.4. The van der Waals surface area contributed by atoms with Crippen LogP contribution in [0, 0.1) is 6.92 Å². The Morgan fingerprint density at radius 1 is 1.19 bits per heavy atom. The highest BCUT2D eigenvalue weighted by atomic mass is 79.9. The van der Waals surface area contributed by atoms with Gasteiger partial charge in [-0.2, -0.15) is 0 Å². The number of nitrogens with zero attached hydrogens (tertiary/aromatic N) is 2. The molecule has 1 heterocycles. The summed E-state index contributed by atoms with van der Waals surface area (Å²) < 4.78 is 25.3. The lowest BCUT2D eigenvalue weighted by Crippen LogP contribution is -2.14. The summed E-state index contributed by atoms with van der Waals surface area (Å²) in [7, 11) is -3.81. The smallest absolute Gasteiger partial charge is 0.280 e. The fourth-order valence-corrected chi connectivity index (χ4v) is 3.82. The van der Waals surface area contributed by atoms with E-state index in [-0.39, 0.29) is 16.5 Å². The highest BCUT2D eigenvalue weighted by molar-refractivity contribution is 9.10. The van der Waals surface area contributed by atoms with Crippen molar-refractivity contribution in [3.05, 3.63) is 52.5 Å². The van der Waals surface area contributed by atoms with Crippen LogP contribution >= 0.6 is 15.9 Å². The number of hydrogen-bond donors (Lipinski definition) is 2. The molecule has 0 aliphatic carbocycles. The van der Waals surface area contributed by atoms with Crippen LogP contribution in [-0.4, -0.2) is 30.2 Å². The number of fused-ring (bicyclic) bond motifs is 1. The second-order valence-electron chi connectivity index (χ2n) is 5.68. The SMILES string of the molecule is Cc1ccc(S(=O)(=O)CC(=O)N=Nc2c(O)[nH]c3ccc(Br)cc23)cc1. The standard InChI is InChI=1S/C17H14BrN3O4S/c1-10-2-5-12(6-3-10)26(24,25)9-15(22)20-21-16-13-8-11(18)4-7-14(13)19-17(16)23/h2-8,19,23H,9H2,1H3. The molecule has 9 heteroatoms. The summed E-state index contributed by atoms with van der Waals surface area (Å²) >= 11 is 3.31. The van der Waals surface area contributed by atoms with Crippen LogP contribution in [-0.2, 0) is 14.6 Å². The van der Waals surface area contributed by atoms with Gasteiger partial charge in [-0.25, -0.2) is 8.42 Å². The number of aryl methyl sites for hydroxylation is 1. The first-order chi connectivity index (χ1) is 12.3. The number of H-pyrrole nitrogens is 1. The van der Waals surface area contributed by atoms with Gasteiger partial charge in [0.15, 0.2) is 15.5 Å². The predicted octanol–water partition coefficient (Wildman–Crippen LogP) is 4.03. The van der Waals surface area contributed by atoms with Crippen molar-refractivity contribution in [1.29, 1.82) is 0 Å². The lowest BCUT2D eigenvalue weighted by atomic mass is 10.2. The number of nitrogens with one attached hydrogen (secondary N) is 1. The van der Waals surface area contributed by atoms with Crippen LogP contribution in [0.1, 0.15) is 5.56 Å². The van der Waals surface area contributed by atoms with Gasteiger partial charge in [-0.15, -0.1) is 10.2 Å². The highest BCUT2D eigenvalue weighted by Gasteiger charge is 2.19. The zero-order valence-electron chi connectivity index (χ0n) is 13.6. The average molecular weight is 436 g/mol. The van der Waals surface area contributed by atoms with Crippen LogP contribution in [0.3, 0.4) is 0 Å². The summed E-state index contributed by atoms with van der Waals surface area (Å²) in [6.07, 6.45) is 0. The maximum atomic E-state index is 12.3. The molecule has 0 spiro atoms. The molecule has 0 aliphatic rings. The van der Waals surface area contributed by atoms with Gasteiger partial charge in [0.1, 0.15) is 5.75 Å². The minimum Gasteiger partial charge on any atom is -0.493 e. The molecule has 0 unspecified atom stereocenters. The van der Waals surface area contributed by atoms with Crippen molar-refractivity contribution in [1.82, 2.24) is 4.98 Å². The average Bonchev–Trinajstić information content (AvgIpc) is 2.87. The van der Waals surface area contributed by atoms with Crippen LogP contribution < -0.4 is 0 Å². The van der Waals surface area contributed by atoms with Gasteiger partial charge in [0.2, 0.25) is 5.88 Å². The molecular weight excluding hydrogens is 422 g/mol. The molecule has 2 N–H and O–H groups in total. The Bertz CT molecular complexity index is 1120. The van der Waals surface area contributed by atoms with Gasteiger partial charge < -0.3 is 10.1 Å². The number of hydrogen-bond acceptors (Lipinski definition) is 5. The minimum atomic E-state index is -3.81. The summed E-state index contributed by atoms with van der Waals surface area (Å²) in [6.45, 7) is 1.84. The molecule has 7 nitrogen and oxygen atoms in total. The lowest BCUT2D eigenvalue weighted by molar-refractivity contribution is -0.115. The van der Waals surface area contributed by atoms with Crippen molar-refractivity contribution in [3.8, 4) is 5.88 Å². The number of sulfone groups is 1. The highest BCUT2D eigenvalue weighted by Crippen LogP contribution is 2.36. The molecule has 1 aromatic heterocycles. The van der Waals surface area contributed by atoms with E-state index in [2.05, 4.69) is 31.1 Å². The molecule has 0 aliphatic heterocycles. The normalized spacial score (nSPS) is 12.1. The van der Waals surface area contributed by atoms with Crippen LogP contribution in [0.4, 0.5) is 5.69 Å². The van der Waals surface area contributed by atoms with Gasteiger partial charge in [0, 0.05) is 9.86 Å². The molecular formula is C17H14BrN3O4S. The summed E-state index contributed by atoms with van der Waals surface area (Å²) in [5.41, 5.74) is 1.60. The van der Waals surface area contributed by atoms with Gasteiger partial charge in [0.05, 0.1) is 10.4 Å². The topological polar surface area (TPSA) is 112 Å². The fourth-order valence-electron chi connectivity index (χ4n) is 2.36. The number of halogens is 1. The number of rotatable bonds is 4. The van der Waals surface area contributed by atoms with E-state index in [4.69, 9.17) is 0 Å². The van der Waals surface area contributed by atoms with E-state index < -0.39 is 21.5 Å². The quantitative estimate of drug-likeness (QED) is 0.602. The Kier molecular flexibility index (Phi) is 4.92. The minimum absolute atomic E-state index is 0.0468. The number of aromatic nitrogens is 1. The Morgan fingerprint density at radius 2 is 1.88 bits per heavy atom. The van der Waals surface area contributed by atoms with Crippen molar-refractivity contribution in [2.24, 2.45) is 10.2 Å². The van der Waals surface area contributed by atoms with Crippen molar-refractivity contribution < 1.29 is 18.3 Å². The molecule has 3 aromatic rings. The molecule has 0 saturated carbocycles. The van der Waals surface area contributed by atoms with Gasteiger partial charge in [-0.3, -0.25) is 4.79 Å². The second-order valence-corrected chi connectivity index (χ2v) is 8.58. The van der Waals surface area contributed by atoms with E-state index >= 15 is 0 Å². The third-order valence-electron chi connectivity index (χ3n) is 3.67. The Hall–Kier alpha value is -2.52. The van der Waals surface area contributed by atoms with Crippen LogP contribution in [0.25, 0.3) is 10.9 Å². The van der Waals surface area contributed by atoms with Crippen molar-refractivity contribution in [3.63, 3.8) is 0 Å². The number of carbonyl (C=O) groups excluding carboxylic acids is 1. The van der Waals surface area contributed by atoms with Crippen LogP contribution in [0.5, 0.6) is 5.88 Å². The molecule has 26 heavy (non-hydrogen) atoms. The van der Waals surface area contributed by atoms with Crippen molar-refractivity contribution >= 4 is 48.3 Å². The fraction of sp³-hybridized carbons (Fsp3) is 0.118. The summed E-state index contributed by atoms with van der Waals surface area (Å²) in [4.78, 5) is 14.7. The molecule has 2 aromatic carbocycles. The van der Waals surface area contributed by atoms with E-state index in [0.29, 0.717) is 10.9 Å². The van der Waals surface area contributed by atoms with Gasteiger partial charge in [0.25, 0.3) is 5.91 Å². The van der Waals surface area contributed by atoms with Gasteiger partial charge in [-0.05, 0) is 37.3 Å². The first-order valence-corrected chi connectivity index (χ1v) is 9.95. The number of aromatic amines is 1. The third-order valence-corrected chi connectivity index (χ3v) is 5.78. The summed E-state index contributed by atoms with van der Waals surface area (Å²) in [5.74, 6) is -1.97. The van der Waals surface area contributed by atoms with E-state index in [1.165, 1.54) is 12.1 Å². The largest absolute Gasteiger partial charge is 0.493 e. The number of aromatic hydroxyl groups is 1. The Balaban J connectivity index is 1.83. The second kappa shape index (κ2) is 7.00. The molecule has 3 rings (SSSR count). The maximum absolute atomic E-state index is 12.3. The van der Waals surface area contributed by atoms with Gasteiger partial charge >= 0.3 is 0 Å². The van der Waals surface area contributed by atoms with Crippen LogP contribution in [0.2, 0.25) is 0 Å². The van der Waals surface area contributed by atoms with E-state index in [0.717, 1.165) is 10.0 Å². The number of amides is 1. The summed E-state index contributed by atoms with van der Waals surface area (Å²) in [5, 5.41) is 17.7. The number of azo groups is 1. The molecule has 134 valence electrons.